The van der Waals surface area contributed by atoms with Gasteiger partial charge in [-0.15, -0.1) is 0 Å². The number of rotatable bonds is 1. The van der Waals surface area contributed by atoms with E-state index in [0.717, 1.165) is 15.5 Å². The van der Waals surface area contributed by atoms with Gasteiger partial charge in [-0.3, -0.25) is 5.32 Å². The molecule has 0 saturated heterocycles. The van der Waals surface area contributed by atoms with Gasteiger partial charge in [-0.1, -0.05) is 0 Å². The summed E-state index contributed by atoms with van der Waals surface area (Å²) in [5.41, 5.74) is 0.212. The van der Waals surface area contributed by atoms with E-state index in [2.05, 4.69) is 31.2 Å². The molecule has 0 atom stereocenters. The maximum absolute atomic E-state index is 11.6. The normalized spacial score (nSPS) is 11.4. The number of carbonyl (C=O) groups is 1. The first kappa shape index (κ1) is 13.7. The molecule has 100 valence electrons. The minimum Gasteiger partial charge on any atom is -0.444 e. The summed E-state index contributed by atoms with van der Waals surface area (Å²) in [7, 11) is 0. The van der Waals surface area contributed by atoms with E-state index in [1.165, 1.54) is 0 Å². The zero-order valence-electron chi connectivity index (χ0n) is 10.9. The largest absolute Gasteiger partial charge is 0.444 e. The summed E-state index contributed by atoms with van der Waals surface area (Å²) in [6.07, 6.45) is 1.13. The van der Waals surface area contributed by atoms with Crippen LogP contribution in [0.2, 0.25) is 0 Å². The highest BCUT2D eigenvalue weighted by atomic mass is 79.9. The number of hydrogen-bond acceptors (Lipinski definition) is 4. The van der Waals surface area contributed by atoms with E-state index in [-0.39, 0.29) is 0 Å². The summed E-state index contributed by atoms with van der Waals surface area (Å²) in [4.78, 5) is 20.1. The number of carbonyl (C=O) groups excluding carboxylic acids is 1. The Bertz CT molecular complexity index is 623. The number of pyridine rings is 2. The Labute approximate surface area is 119 Å². The number of nitrogens with one attached hydrogen (secondary N) is 1. The van der Waals surface area contributed by atoms with Gasteiger partial charge in [0.15, 0.2) is 0 Å². The molecule has 6 heteroatoms. The Balaban J connectivity index is 2.20. The summed E-state index contributed by atoms with van der Waals surface area (Å²) in [5.74, 6) is 0.444. The molecule has 0 aliphatic heterocycles. The summed E-state index contributed by atoms with van der Waals surface area (Å²) < 4.78 is 5.89. The monoisotopic (exact) mass is 323 g/mol. The van der Waals surface area contributed by atoms with Crippen molar-refractivity contribution in [2.75, 3.05) is 5.32 Å². The Hall–Kier alpha value is -1.69. The van der Waals surface area contributed by atoms with Gasteiger partial charge in [0.2, 0.25) is 0 Å². The van der Waals surface area contributed by atoms with Crippen LogP contribution in [0.15, 0.2) is 29.0 Å². The van der Waals surface area contributed by atoms with Crippen molar-refractivity contribution >= 4 is 38.7 Å². The highest BCUT2D eigenvalue weighted by Crippen LogP contribution is 2.21. The van der Waals surface area contributed by atoms with Gasteiger partial charge in [-0.05, 0) is 54.9 Å². The second-order valence-electron chi connectivity index (χ2n) is 4.99. The number of ether oxygens (including phenoxy) is 1. The molecule has 0 unspecified atom stereocenters. The first-order chi connectivity index (χ1) is 8.85. The molecule has 2 heterocycles. The summed E-state index contributed by atoms with van der Waals surface area (Å²) in [6, 6.07) is 5.32. The smallest absolute Gasteiger partial charge is 0.413 e. The molecule has 19 heavy (non-hydrogen) atoms. The van der Waals surface area contributed by atoms with Crippen LogP contribution >= 0.6 is 15.9 Å². The van der Waals surface area contributed by atoms with Crippen molar-refractivity contribution in [1.82, 2.24) is 9.97 Å². The molecule has 2 aromatic rings. The Kier molecular flexibility index (Phi) is 3.71. The van der Waals surface area contributed by atoms with Crippen LogP contribution in [0.4, 0.5) is 10.6 Å². The molecule has 5 nitrogen and oxygen atoms in total. The van der Waals surface area contributed by atoms with Gasteiger partial charge >= 0.3 is 6.09 Å². The van der Waals surface area contributed by atoms with Crippen LogP contribution in [0.3, 0.4) is 0 Å². The molecule has 0 aromatic carbocycles. The second-order valence-corrected chi connectivity index (χ2v) is 5.74. The van der Waals surface area contributed by atoms with Crippen molar-refractivity contribution in [2.45, 2.75) is 26.4 Å². The second kappa shape index (κ2) is 5.13. The standard InChI is InChI=1S/C13H14BrN3O2/c1-13(2,3)19-12(18)17-10-5-4-8-9(16-10)6-7-15-11(8)14/h4-7H,1-3H3,(H,16,17,18). The molecular weight excluding hydrogens is 310 g/mol. The zero-order valence-corrected chi connectivity index (χ0v) is 12.5. The molecule has 0 saturated carbocycles. The molecule has 2 aromatic heterocycles. The number of hydrogen-bond donors (Lipinski definition) is 1. The average Bonchev–Trinajstić information content (AvgIpc) is 2.26. The van der Waals surface area contributed by atoms with Crippen LogP contribution < -0.4 is 5.32 Å². The van der Waals surface area contributed by atoms with Gasteiger partial charge in [-0.25, -0.2) is 14.8 Å². The van der Waals surface area contributed by atoms with E-state index in [0.29, 0.717) is 5.82 Å². The Morgan fingerprint density at radius 2 is 2.05 bits per heavy atom. The van der Waals surface area contributed by atoms with Crippen LogP contribution in [0.5, 0.6) is 0 Å². The minimum absolute atomic E-state index is 0.444. The number of nitrogens with zero attached hydrogens (tertiary/aromatic N) is 2. The molecule has 0 aliphatic carbocycles. The molecule has 0 fully saturated rings. The summed E-state index contributed by atoms with van der Waals surface area (Å²) >= 11 is 3.35. The fraction of sp³-hybridized carbons (Fsp3) is 0.308. The van der Waals surface area contributed by atoms with Crippen molar-refractivity contribution in [3.63, 3.8) is 0 Å². The number of halogens is 1. The summed E-state index contributed by atoms with van der Waals surface area (Å²) in [5, 5.41) is 3.49. The minimum atomic E-state index is -0.534. The first-order valence-electron chi connectivity index (χ1n) is 5.76. The van der Waals surface area contributed by atoms with E-state index in [9.17, 15) is 4.79 Å². The quantitative estimate of drug-likeness (QED) is 0.812. The van der Waals surface area contributed by atoms with Gasteiger partial charge in [0.25, 0.3) is 0 Å². The maximum Gasteiger partial charge on any atom is 0.413 e. The molecule has 0 bridgehead atoms. The SMILES string of the molecule is CC(C)(C)OC(=O)Nc1ccc2c(Br)nccc2n1. The van der Waals surface area contributed by atoms with E-state index < -0.39 is 11.7 Å². The molecule has 0 spiro atoms. The lowest BCUT2D eigenvalue weighted by Crippen LogP contribution is -2.27. The van der Waals surface area contributed by atoms with E-state index >= 15 is 0 Å². The lowest BCUT2D eigenvalue weighted by molar-refractivity contribution is 0.0635. The van der Waals surface area contributed by atoms with Gasteiger partial charge in [-0.2, -0.15) is 0 Å². The Morgan fingerprint density at radius 3 is 2.74 bits per heavy atom. The zero-order chi connectivity index (χ0) is 14.0. The van der Waals surface area contributed by atoms with E-state index in [1.807, 2.05) is 26.8 Å². The highest BCUT2D eigenvalue weighted by Gasteiger charge is 2.16. The topological polar surface area (TPSA) is 64.1 Å². The van der Waals surface area contributed by atoms with Crippen molar-refractivity contribution in [3.8, 4) is 0 Å². The number of fused-ring (bicyclic) bond motifs is 1. The van der Waals surface area contributed by atoms with Gasteiger partial charge < -0.3 is 4.74 Å². The van der Waals surface area contributed by atoms with Crippen LogP contribution in [0.25, 0.3) is 10.9 Å². The fourth-order valence-electron chi connectivity index (χ4n) is 1.50. The molecular formula is C13H14BrN3O2. The predicted octanol–water partition coefficient (Wildman–Crippen LogP) is 3.74. The molecule has 1 amide bonds. The van der Waals surface area contributed by atoms with E-state index in [4.69, 9.17) is 4.74 Å². The average molecular weight is 324 g/mol. The highest BCUT2D eigenvalue weighted by molar-refractivity contribution is 9.10. The third-order valence-corrected chi connectivity index (χ3v) is 2.83. The number of amides is 1. The molecule has 2 rings (SSSR count). The lowest BCUT2D eigenvalue weighted by Gasteiger charge is -2.19. The van der Waals surface area contributed by atoms with Crippen molar-refractivity contribution in [1.29, 1.82) is 0 Å². The Morgan fingerprint density at radius 1 is 1.32 bits per heavy atom. The van der Waals surface area contributed by atoms with Crippen molar-refractivity contribution < 1.29 is 9.53 Å². The third-order valence-electron chi connectivity index (χ3n) is 2.20. The number of aromatic nitrogens is 2. The summed E-state index contributed by atoms with van der Waals surface area (Å²) in [6.45, 7) is 5.43. The maximum atomic E-state index is 11.6. The van der Waals surface area contributed by atoms with Crippen LogP contribution in [0.1, 0.15) is 20.8 Å². The van der Waals surface area contributed by atoms with Crippen LogP contribution in [0, 0.1) is 0 Å². The third kappa shape index (κ3) is 3.64. The van der Waals surface area contributed by atoms with Crippen molar-refractivity contribution in [3.05, 3.63) is 29.0 Å². The predicted molar refractivity (Wildman–Crippen MR) is 77.1 cm³/mol. The van der Waals surface area contributed by atoms with Crippen LogP contribution in [-0.2, 0) is 4.74 Å². The molecule has 0 radical (unpaired) electrons. The molecule has 1 N–H and O–H groups in total. The van der Waals surface area contributed by atoms with Gasteiger partial charge in [0.1, 0.15) is 16.0 Å². The van der Waals surface area contributed by atoms with Crippen molar-refractivity contribution in [2.24, 2.45) is 0 Å². The van der Waals surface area contributed by atoms with Gasteiger partial charge in [0.05, 0.1) is 5.52 Å². The molecule has 0 aliphatic rings. The van der Waals surface area contributed by atoms with Crippen LogP contribution in [-0.4, -0.2) is 21.7 Å². The first-order valence-corrected chi connectivity index (χ1v) is 6.56. The number of anilines is 1. The fourth-order valence-corrected chi connectivity index (χ4v) is 1.95. The van der Waals surface area contributed by atoms with Gasteiger partial charge in [0, 0.05) is 11.6 Å². The van der Waals surface area contributed by atoms with E-state index in [1.54, 1.807) is 18.3 Å². The lowest BCUT2D eigenvalue weighted by atomic mass is 10.2.